The molecule has 0 saturated carbocycles. The first kappa shape index (κ1) is 13.1. The van der Waals surface area contributed by atoms with E-state index < -0.39 is 0 Å². The van der Waals surface area contributed by atoms with E-state index in [1.54, 1.807) is 16.8 Å². The summed E-state index contributed by atoms with van der Waals surface area (Å²) < 4.78 is 5.70. The maximum absolute atomic E-state index is 9.47. The number of aromatic nitrogens is 2. The predicted molar refractivity (Wildman–Crippen MR) is 79.1 cm³/mol. The highest BCUT2D eigenvalue weighted by Gasteiger charge is 2.14. The zero-order valence-electron chi connectivity index (χ0n) is 11.0. The van der Waals surface area contributed by atoms with Crippen LogP contribution in [-0.2, 0) is 6.42 Å². The monoisotopic (exact) mass is 289 g/mol. The summed E-state index contributed by atoms with van der Waals surface area (Å²) >= 11 is 1.57. The van der Waals surface area contributed by atoms with Gasteiger partial charge in [0, 0.05) is 17.5 Å². The molecule has 0 aliphatic carbocycles. The summed E-state index contributed by atoms with van der Waals surface area (Å²) in [5.41, 5.74) is 4.43. The van der Waals surface area contributed by atoms with Crippen LogP contribution < -0.4 is 5.32 Å². The van der Waals surface area contributed by atoms with Crippen LogP contribution in [0.2, 0.25) is 0 Å². The lowest BCUT2D eigenvalue weighted by atomic mass is 10.2. The second-order valence-electron chi connectivity index (χ2n) is 4.64. The van der Waals surface area contributed by atoms with E-state index >= 15 is 0 Å². The molecule has 0 radical (unpaired) electrons. The molecule has 5 nitrogen and oxygen atoms in total. The number of benzene rings is 1. The van der Waals surface area contributed by atoms with Gasteiger partial charge in [-0.2, -0.15) is 4.98 Å². The number of hydrogen-bond donors (Lipinski definition) is 2. The third kappa shape index (κ3) is 2.66. The van der Waals surface area contributed by atoms with E-state index in [1.165, 1.54) is 0 Å². The lowest BCUT2D eigenvalue weighted by molar-refractivity contribution is 0.272. The summed E-state index contributed by atoms with van der Waals surface area (Å²) in [6, 6.07) is 6.15. The lowest BCUT2D eigenvalue weighted by Gasteiger charge is -2.13. The van der Waals surface area contributed by atoms with Gasteiger partial charge in [-0.25, -0.2) is 0 Å². The molecule has 2 N–H and O–H groups in total. The summed E-state index contributed by atoms with van der Waals surface area (Å²) in [5, 5.41) is 12.6. The highest BCUT2D eigenvalue weighted by molar-refractivity contribution is 7.09. The summed E-state index contributed by atoms with van der Waals surface area (Å²) in [6.07, 6.45) is 2.50. The number of fused-ring (bicyclic) bond motifs is 1. The summed E-state index contributed by atoms with van der Waals surface area (Å²) in [4.78, 5) is 9.54. The van der Waals surface area contributed by atoms with Gasteiger partial charge in [-0.15, -0.1) is 11.3 Å². The molecule has 0 bridgehead atoms. The molecule has 1 atom stereocenters. The zero-order valence-corrected chi connectivity index (χ0v) is 11.9. The van der Waals surface area contributed by atoms with E-state index in [0.29, 0.717) is 12.4 Å². The fourth-order valence-corrected chi connectivity index (χ4v) is 2.75. The molecule has 2 aromatic heterocycles. The van der Waals surface area contributed by atoms with Gasteiger partial charge in [-0.3, -0.25) is 4.98 Å². The van der Waals surface area contributed by atoms with Crippen molar-refractivity contribution in [3.8, 4) is 0 Å². The average Bonchev–Trinajstić information content (AvgIpc) is 3.07. The second kappa shape index (κ2) is 5.60. The van der Waals surface area contributed by atoms with E-state index in [9.17, 15) is 5.11 Å². The van der Waals surface area contributed by atoms with Crippen molar-refractivity contribution in [1.29, 1.82) is 0 Å². The summed E-state index contributed by atoms with van der Waals surface area (Å²) in [5.74, 6) is 0. The number of nitrogens with zero attached hydrogens (tertiary/aromatic N) is 2. The van der Waals surface area contributed by atoms with Crippen LogP contribution in [0.4, 0.5) is 6.01 Å². The number of aliphatic hydroxyl groups is 1. The topological polar surface area (TPSA) is 71.2 Å². The molecule has 104 valence electrons. The van der Waals surface area contributed by atoms with Gasteiger partial charge in [0.1, 0.15) is 5.52 Å². The Kier molecular flexibility index (Phi) is 3.66. The van der Waals surface area contributed by atoms with Crippen molar-refractivity contribution in [2.75, 3.05) is 11.9 Å². The Balaban J connectivity index is 1.78. The normalized spacial score (nSPS) is 12.7. The van der Waals surface area contributed by atoms with Crippen molar-refractivity contribution in [3.63, 3.8) is 0 Å². The van der Waals surface area contributed by atoms with Crippen LogP contribution >= 0.6 is 11.3 Å². The van der Waals surface area contributed by atoms with Gasteiger partial charge in [0.15, 0.2) is 5.58 Å². The second-order valence-corrected chi connectivity index (χ2v) is 5.61. The third-order valence-electron chi connectivity index (χ3n) is 3.09. The first-order valence-corrected chi connectivity index (χ1v) is 7.25. The maximum Gasteiger partial charge on any atom is 0.296 e. The van der Waals surface area contributed by atoms with Crippen molar-refractivity contribution >= 4 is 28.5 Å². The maximum atomic E-state index is 9.47. The smallest absolute Gasteiger partial charge is 0.296 e. The highest BCUT2D eigenvalue weighted by Crippen LogP contribution is 2.22. The number of rotatable bonds is 5. The quantitative estimate of drug-likeness (QED) is 0.755. The minimum atomic E-state index is -0.135. The van der Waals surface area contributed by atoms with E-state index in [-0.39, 0.29) is 12.6 Å². The number of nitrogens with one attached hydrogen (secondary N) is 1. The van der Waals surface area contributed by atoms with E-state index in [4.69, 9.17) is 4.42 Å². The number of hydrogen-bond acceptors (Lipinski definition) is 6. The van der Waals surface area contributed by atoms with Crippen molar-refractivity contribution in [3.05, 3.63) is 40.3 Å². The van der Waals surface area contributed by atoms with Gasteiger partial charge in [-0.05, 0) is 18.6 Å². The number of oxazole rings is 1. The van der Waals surface area contributed by atoms with Crippen molar-refractivity contribution in [2.24, 2.45) is 0 Å². The van der Waals surface area contributed by atoms with Gasteiger partial charge in [0.25, 0.3) is 6.01 Å². The van der Waals surface area contributed by atoms with Crippen LogP contribution in [0.3, 0.4) is 0 Å². The highest BCUT2D eigenvalue weighted by atomic mass is 32.1. The molecule has 0 saturated heterocycles. The van der Waals surface area contributed by atoms with Crippen LogP contribution in [0, 0.1) is 6.92 Å². The van der Waals surface area contributed by atoms with E-state index in [2.05, 4.69) is 15.3 Å². The molecule has 1 unspecified atom stereocenters. The minimum Gasteiger partial charge on any atom is -0.423 e. The van der Waals surface area contributed by atoms with Crippen LogP contribution in [0.5, 0.6) is 0 Å². The molecule has 2 heterocycles. The predicted octanol–water partition coefficient (Wildman–Crippen LogP) is 2.61. The first-order chi connectivity index (χ1) is 9.76. The number of aliphatic hydroxyl groups excluding tert-OH is 1. The van der Waals surface area contributed by atoms with Crippen LogP contribution in [-0.4, -0.2) is 27.7 Å². The number of aryl methyl sites for hydroxylation is 1. The van der Waals surface area contributed by atoms with Crippen LogP contribution in [0.25, 0.3) is 11.1 Å². The Hall–Kier alpha value is -1.92. The standard InChI is InChI=1S/C14H15N3O2S/c1-9-3-2-4-12-13(9)19-14(17-12)16-10(7-18)5-11-6-15-8-20-11/h2-4,6,8,10,18H,5,7H2,1H3,(H,16,17). The molecule has 20 heavy (non-hydrogen) atoms. The molecule has 0 aliphatic rings. The fraction of sp³-hybridized carbons (Fsp3) is 0.286. The molecule has 1 aromatic carbocycles. The molecular weight excluding hydrogens is 274 g/mol. The van der Waals surface area contributed by atoms with E-state index in [0.717, 1.165) is 21.5 Å². The minimum absolute atomic E-state index is 0.00953. The lowest BCUT2D eigenvalue weighted by Crippen LogP contribution is -2.26. The van der Waals surface area contributed by atoms with Crippen LogP contribution in [0.15, 0.2) is 34.3 Å². The Labute approximate surface area is 120 Å². The average molecular weight is 289 g/mol. The van der Waals surface area contributed by atoms with Gasteiger partial charge in [0.2, 0.25) is 0 Å². The first-order valence-electron chi connectivity index (χ1n) is 6.37. The molecule has 3 aromatic rings. The zero-order chi connectivity index (χ0) is 13.9. The Morgan fingerprint density at radius 3 is 3.05 bits per heavy atom. The Bertz CT molecular complexity index is 694. The van der Waals surface area contributed by atoms with Crippen LogP contribution in [0.1, 0.15) is 10.4 Å². The largest absolute Gasteiger partial charge is 0.423 e. The number of thiazole rings is 1. The van der Waals surface area contributed by atoms with Gasteiger partial charge < -0.3 is 14.8 Å². The van der Waals surface area contributed by atoms with Gasteiger partial charge in [-0.1, -0.05) is 12.1 Å². The number of para-hydroxylation sites is 1. The summed E-state index contributed by atoms with van der Waals surface area (Å²) in [6.45, 7) is 1.99. The Morgan fingerprint density at radius 2 is 2.35 bits per heavy atom. The summed E-state index contributed by atoms with van der Waals surface area (Å²) in [7, 11) is 0. The molecule has 0 fully saturated rings. The molecule has 0 amide bonds. The van der Waals surface area contributed by atoms with Crippen molar-refractivity contribution in [1.82, 2.24) is 9.97 Å². The molecule has 6 heteroatoms. The molecule has 0 spiro atoms. The van der Waals surface area contributed by atoms with Gasteiger partial charge in [0.05, 0.1) is 18.2 Å². The fourth-order valence-electron chi connectivity index (χ4n) is 2.07. The third-order valence-corrected chi connectivity index (χ3v) is 3.89. The van der Waals surface area contributed by atoms with Crippen molar-refractivity contribution < 1.29 is 9.52 Å². The van der Waals surface area contributed by atoms with Gasteiger partial charge >= 0.3 is 0 Å². The SMILES string of the molecule is Cc1cccc2nc(NC(CO)Cc3cncs3)oc12. The molecule has 0 aliphatic heterocycles. The molecule has 3 rings (SSSR count). The number of anilines is 1. The van der Waals surface area contributed by atoms with Crippen molar-refractivity contribution in [2.45, 2.75) is 19.4 Å². The molecular formula is C14H15N3O2S. The Morgan fingerprint density at radius 1 is 1.45 bits per heavy atom. The van der Waals surface area contributed by atoms with E-state index in [1.807, 2.05) is 31.3 Å².